The monoisotopic (exact) mass is 152 g/mol. The zero-order chi connectivity index (χ0) is 8.01. The Bertz CT molecular complexity index is 122. The number of hydrogen-bond acceptors (Lipinski definition) is 0. The van der Waals surface area contributed by atoms with Crippen molar-refractivity contribution < 1.29 is 0 Å². The maximum absolute atomic E-state index is 2.46. The van der Waals surface area contributed by atoms with Gasteiger partial charge < -0.3 is 0 Å². The maximum Gasteiger partial charge on any atom is -0.0337 e. The van der Waals surface area contributed by atoms with E-state index < -0.39 is 0 Å². The standard InChI is InChI=1S/C11H20/c1-7-4-10-5-8(2)11(7)9(3)6-10/h7-11H,4-6H2,1-3H3/t7-,8-,9+,10?,11?/m1/s1. The SMILES string of the molecule is C[C@@H]1CC2C[C@@H](C)C1[C@@H](C)C2. The minimum atomic E-state index is 1.02. The van der Waals surface area contributed by atoms with E-state index in [9.17, 15) is 0 Å². The van der Waals surface area contributed by atoms with Crippen LogP contribution in [0.25, 0.3) is 0 Å². The first-order chi connectivity index (χ1) is 5.18. The van der Waals surface area contributed by atoms with Gasteiger partial charge in [-0.1, -0.05) is 20.8 Å². The molecule has 3 aliphatic carbocycles. The van der Waals surface area contributed by atoms with Gasteiger partial charge in [0.1, 0.15) is 0 Å². The Balaban J connectivity index is 2.16. The lowest BCUT2D eigenvalue weighted by Gasteiger charge is -2.49. The quantitative estimate of drug-likeness (QED) is 0.499. The van der Waals surface area contributed by atoms with Gasteiger partial charge in [0, 0.05) is 0 Å². The van der Waals surface area contributed by atoms with E-state index in [1.54, 1.807) is 0 Å². The summed E-state index contributed by atoms with van der Waals surface area (Å²) in [5.74, 6) is 5.20. The molecule has 0 aromatic carbocycles. The molecule has 2 bridgehead atoms. The summed E-state index contributed by atoms with van der Waals surface area (Å²) in [6.07, 6.45) is 4.58. The van der Waals surface area contributed by atoms with E-state index in [0.717, 1.165) is 29.6 Å². The van der Waals surface area contributed by atoms with Gasteiger partial charge in [-0.2, -0.15) is 0 Å². The maximum atomic E-state index is 2.46. The Morgan fingerprint density at radius 1 is 0.727 bits per heavy atom. The summed E-state index contributed by atoms with van der Waals surface area (Å²) in [4.78, 5) is 0. The zero-order valence-corrected chi connectivity index (χ0v) is 8.01. The van der Waals surface area contributed by atoms with Crippen molar-refractivity contribution >= 4 is 0 Å². The minimum absolute atomic E-state index is 1.02. The van der Waals surface area contributed by atoms with Gasteiger partial charge in [-0.05, 0) is 48.9 Å². The van der Waals surface area contributed by atoms with Crippen LogP contribution >= 0.6 is 0 Å². The summed E-state index contributed by atoms with van der Waals surface area (Å²) < 4.78 is 0. The lowest BCUT2D eigenvalue weighted by molar-refractivity contribution is 0.00652. The molecule has 0 aliphatic heterocycles. The van der Waals surface area contributed by atoms with Crippen LogP contribution in [0.3, 0.4) is 0 Å². The average molecular weight is 152 g/mol. The summed E-state index contributed by atoms with van der Waals surface area (Å²) in [6.45, 7) is 7.38. The molecule has 0 aromatic heterocycles. The molecule has 0 radical (unpaired) electrons. The highest BCUT2D eigenvalue weighted by molar-refractivity contribution is 4.91. The first-order valence-corrected chi connectivity index (χ1v) is 5.18. The second-order valence-electron chi connectivity index (χ2n) is 5.08. The summed E-state index contributed by atoms with van der Waals surface area (Å²) in [6, 6.07) is 0. The van der Waals surface area contributed by atoms with Gasteiger partial charge in [0.05, 0.1) is 0 Å². The molecule has 64 valence electrons. The third-order valence-electron chi connectivity index (χ3n) is 4.09. The van der Waals surface area contributed by atoms with Crippen LogP contribution in [0.15, 0.2) is 0 Å². The first kappa shape index (κ1) is 7.64. The van der Waals surface area contributed by atoms with Crippen molar-refractivity contribution in [1.82, 2.24) is 0 Å². The molecule has 0 heterocycles. The predicted molar refractivity (Wildman–Crippen MR) is 48.3 cm³/mol. The van der Waals surface area contributed by atoms with Gasteiger partial charge in [-0.15, -0.1) is 0 Å². The third-order valence-corrected chi connectivity index (χ3v) is 4.09. The lowest BCUT2D eigenvalue weighted by atomic mass is 9.56. The van der Waals surface area contributed by atoms with Crippen LogP contribution in [0, 0.1) is 29.6 Å². The van der Waals surface area contributed by atoms with Crippen LogP contribution in [-0.4, -0.2) is 0 Å². The van der Waals surface area contributed by atoms with E-state index in [2.05, 4.69) is 20.8 Å². The van der Waals surface area contributed by atoms with Crippen LogP contribution in [0.1, 0.15) is 40.0 Å². The van der Waals surface area contributed by atoms with E-state index in [4.69, 9.17) is 0 Å². The Morgan fingerprint density at radius 3 is 1.27 bits per heavy atom. The fraction of sp³-hybridized carbons (Fsp3) is 1.00. The first-order valence-electron chi connectivity index (χ1n) is 5.18. The molecule has 3 fully saturated rings. The van der Waals surface area contributed by atoms with E-state index in [0.29, 0.717) is 0 Å². The van der Waals surface area contributed by atoms with Crippen molar-refractivity contribution in [1.29, 1.82) is 0 Å². The average Bonchev–Trinajstić information content (AvgIpc) is 1.82. The molecular formula is C11H20. The molecule has 0 N–H and O–H groups in total. The zero-order valence-electron chi connectivity index (χ0n) is 8.01. The fourth-order valence-corrected chi connectivity index (χ4v) is 4.02. The highest BCUT2D eigenvalue weighted by atomic mass is 14.5. The summed E-state index contributed by atoms with van der Waals surface area (Å²) in [5.41, 5.74) is 0. The van der Waals surface area contributed by atoms with Gasteiger partial charge in [-0.3, -0.25) is 0 Å². The van der Waals surface area contributed by atoms with E-state index >= 15 is 0 Å². The number of fused-ring (bicyclic) bond motifs is 3. The fourth-order valence-electron chi connectivity index (χ4n) is 4.02. The highest BCUT2D eigenvalue weighted by Gasteiger charge is 2.41. The van der Waals surface area contributed by atoms with E-state index in [1.165, 1.54) is 19.3 Å². The molecular weight excluding hydrogens is 132 g/mol. The predicted octanol–water partition coefficient (Wildman–Crippen LogP) is 3.32. The van der Waals surface area contributed by atoms with Crippen LogP contribution in [0.2, 0.25) is 0 Å². The van der Waals surface area contributed by atoms with Crippen molar-refractivity contribution in [3.63, 3.8) is 0 Å². The van der Waals surface area contributed by atoms with Crippen molar-refractivity contribution in [2.45, 2.75) is 40.0 Å². The van der Waals surface area contributed by atoms with Crippen molar-refractivity contribution in [2.24, 2.45) is 29.6 Å². The summed E-state index contributed by atoms with van der Waals surface area (Å²) >= 11 is 0. The molecule has 0 amide bonds. The molecule has 11 heavy (non-hydrogen) atoms. The minimum Gasteiger partial charge on any atom is -0.0622 e. The van der Waals surface area contributed by atoms with Gasteiger partial charge in [0.2, 0.25) is 0 Å². The molecule has 0 heteroatoms. The van der Waals surface area contributed by atoms with Crippen molar-refractivity contribution in [3.8, 4) is 0 Å². The van der Waals surface area contributed by atoms with Crippen LogP contribution in [-0.2, 0) is 0 Å². The molecule has 3 aliphatic rings. The van der Waals surface area contributed by atoms with Crippen LogP contribution < -0.4 is 0 Å². The molecule has 0 spiro atoms. The van der Waals surface area contributed by atoms with Crippen LogP contribution in [0.5, 0.6) is 0 Å². The molecule has 3 atom stereocenters. The Labute approximate surface area is 70.4 Å². The summed E-state index contributed by atoms with van der Waals surface area (Å²) in [7, 11) is 0. The molecule has 3 saturated carbocycles. The largest absolute Gasteiger partial charge is 0.0622 e. The molecule has 0 saturated heterocycles. The Hall–Kier alpha value is 0. The number of hydrogen-bond donors (Lipinski definition) is 0. The van der Waals surface area contributed by atoms with E-state index in [1.807, 2.05) is 0 Å². The highest BCUT2D eigenvalue weighted by Crippen LogP contribution is 2.50. The van der Waals surface area contributed by atoms with Gasteiger partial charge in [0.25, 0.3) is 0 Å². The molecule has 3 rings (SSSR count). The Morgan fingerprint density at radius 2 is 1.09 bits per heavy atom. The van der Waals surface area contributed by atoms with Gasteiger partial charge >= 0.3 is 0 Å². The second kappa shape index (κ2) is 2.50. The van der Waals surface area contributed by atoms with E-state index in [-0.39, 0.29) is 0 Å². The Kier molecular flexibility index (Phi) is 1.74. The molecule has 0 nitrogen and oxygen atoms in total. The summed E-state index contributed by atoms with van der Waals surface area (Å²) in [5, 5.41) is 0. The second-order valence-corrected chi connectivity index (χ2v) is 5.08. The van der Waals surface area contributed by atoms with Gasteiger partial charge in [0.15, 0.2) is 0 Å². The smallest absolute Gasteiger partial charge is 0.0337 e. The number of rotatable bonds is 0. The van der Waals surface area contributed by atoms with Gasteiger partial charge in [-0.25, -0.2) is 0 Å². The lowest BCUT2D eigenvalue weighted by Crippen LogP contribution is -2.40. The molecule has 0 unspecified atom stereocenters. The third kappa shape index (κ3) is 1.11. The van der Waals surface area contributed by atoms with Crippen LogP contribution in [0.4, 0.5) is 0 Å². The van der Waals surface area contributed by atoms with Crippen molar-refractivity contribution in [2.75, 3.05) is 0 Å². The molecule has 0 aromatic rings. The normalized spacial score (nSPS) is 56.5. The van der Waals surface area contributed by atoms with Crippen molar-refractivity contribution in [3.05, 3.63) is 0 Å². The topological polar surface area (TPSA) is 0 Å².